The van der Waals surface area contributed by atoms with Gasteiger partial charge in [0.1, 0.15) is 0 Å². The summed E-state index contributed by atoms with van der Waals surface area (Å²) in [7, 11) is 0. The van der Waals surface area contributed by atoms with Crippen molar-refractivity contribution >= 4 is 27.2 Å². The van der Waals surface area contributed by atoms with E-state index in [1.165, 1.54) is 0 Å². The SMILES string of the molecule is [C-]#[N+]c1cc(C)cc2scnc12. The third-order valence-electron chi connectivity index (χ3n) is 1.68. The van der Waals surface area contributed by atoms with Gasteiger partial charge in [0.05, 0.1) is 17.6 Å². The second-order valence-electron chi connectivity index (χ2n) is 2.59. The summed E-state index contributed by atoms with van der Waals surface area (Å²) in [5.41, 5.74) is 4.39. The first-order chi connectivity index (χ1) is 5.81. The maximum atomic E-state index is 6.95. The molecule has 0 atom stereocenters. The van der Waals surface area contributed by atoms with Gasteiger partial charge in [0.25, 0.3) is 0 Å². The quantitative estimate of drug-likeness (QED) is 0.561. The van der Waals surface area contributed by atoms with Gasteiger partial charge in [-0.3, -0.25) is 4.98 Å². The highest BCUT2D eigenvalue weighted by Gasteiger charge is 2.03. The minimum Gasteiger partial charge on any atom is -0.256 e. The third kappa shape index (κ3) is 0.973. The normalized spacial score (nSPS) is 10.0. The predicted molar refractivity (Wildman–Crippen MR) is 50.6 cm³/mol. The number of benzene rings is 1. The molecule has 1 aromatic carbocycles. The van der Waals surface area contributed by atoms with E-state index in [2.05, 4.69) is 15.9 Å². The monoisotopic (exact) mass is 174 g/mol. The van der Waals surface area contributed by atoms with Crippen molar-refractivity contribution < 1.29 is 0 Å². The number of thiazole rings is 1. The van der Waals surface area contributed by atoms with Gasteiger partial charge >= 0.3 is 0 Å². The van der Waals surface area contributed by atoms with Crippen molar-refractivity contribution in [2.24, 2.45) is 0 Å². The maximum Gasteiger partial charge on any atom is 0.213 e. The van der Waals surface area contributed by atoms with Crippen LogP contribution in [0.15, 0.2) is 17.6 Å². The Morgan fingerprint density at radius 1 is 1.50 bits per heavy atom. The van der Waals surface area contributed by atoms with E-state index in [1.54, 1.807) is 16.8 Å². The van der Waals surface area contributed by atoms with E-state index in [-0.39, 0.29) is 0 Å². The summed E-state index contributed by atoms with van der Waals surface area (Å²) in [4.78, 5) is 7.56. The Bertz CT molecular complexity index is 465. The molecule has 0 radical (unpaired) electrons. The molecule has 3 heteroatoms. The molecule has 0 aliphatic carbocycles. The lowest BCUT2D eigenvalue weighted by atomic mass is 10.2. The van der Waals surface area contributed by atoms with Gasteiger partial charge in [-0.15, -0.1) is 11.3 Å². The summed E-state index contributed by atoms with van der Waals surface area (Å²) >= 11 is 1.58. The molecule has 2 aromatic rings. The lowest BCUT2D eigenvalue weighted by Gasteiger charge is -1.94. The van der Waals surface area contributed by atoms with E-state index in [4.69, 9.17) is 6.57 Å². The number of aryl methyl sites for hydroxylation is 1. The average Bonchev–Trinajstić information content (AvgIpc) is 2.50. The lowest BCUT2D eigenvalue weighted by molar-refractivity contribution is 1.47. The first-order valence-corrected chi connectivity index (χ1v) is 4.40. The lowest BCUT2D eigenvalue weighted by Crippen LogP contribution is -1.72. The van der Waals surface area contributed by atoms with Gasteiger partial charge in [-0.1, -0.05) is 11.6 Å². The summed E-state index contributed by atoms with van der Waals surface area (Å²) in [6, 6.07) is 3.93. The molecule has 2 rings (SSSR count). The minimum absolute atomic E-state index is 0.659. The van der Waals surface area contributed by atoms with E-state index in [0.29, 0.717) is 5.69 Å². The van der Waals surface area contributed by atoms with Gasteiger partial charge in [-0.25, -0.2) is 4.85 Å². The Kier molecular flexibility index (Phi) is 1.56. The molecule has 58 valence electrons. The predicted octanol–water partition coefficient (Wildman–Crippen LogP) is 3.16. The average molecular weight is 174 g/mol. The standard InChI is InChI=1S/C9H6N2S/c1-6-3-7(10-2)9-8(4-6)12-5-11-9/h3-5H,1H3. The van der Waals surface area contributed by atoms with Gasteiger partial charge in [-0.2, -0.15) is 0 Å². The number of rotatable bonds is 0. The van der Waals surface area contributed by atoms with Crippen LogP contribution in [-0.4, -0.2) is 4.98 Å². The Labute approximate surface area is 74.3 Å². The van der Waals surface area contributed by atoms with Gasteiger partial charge in [0.15, 0.2) is 0 Å². The summed E-state index contributed by atoms with van der Waals surface area (Å²) in [6.45, 7) is 8.94. The van der Waals surface area contributed by atoms with Gasteiger partial charge in [0, 0.05) is 4.70 Å². The van der Waals surface area contributed by atoms with Crippen molar-refractivity contribution in [1.82, 2.24) is 4.98 Å². The zero-order valence-corrected chi connectivity index (χ0v) is 7.35. The Morgan fingerprint density at radius 2 is 2.33 bits per heavy atom. The van der Waals surface area contributed by atoms with Crippen molar-refractivity contribution in [2.45, 2.75) is 6.92 Å². The Morgan fingerprint density at radius 3 is 3.08 bits per heavy atom. The second kappa shape index (κ2) is 2.58. The minimum atomic E-state index is 0.659. The van der Waals surface area contributed by atoms with Gasteiger partial charge < -0.3 is 0 Å². The fourth-order valence-electron chi connectivity index (χ4n) is 1.17. The first kappa shape index (κ1) is 7.26. The van der Waals surface area contributed by atoms with E-state index in [0.717, 1.165) is 15.8 Å². The molecule has 2 nitrogen and oxygen atoms in total. The van der Waals surface area contributed by atoms with Crippen LogP contribution in [0, 0.1) is 13.5 Å². The molecule has 1 heterocycles. The van der Waals surface area contributed by atoms with E-state index in [9.17, 15) is 0 Å². The molecule has 0 aliphatic heterocycles. The molecular weight excluding hydrogens is 168 g/mol. The van der Waals surface area contributed by atoms with Crippen LogP contribution in [0.25, 0.3) is 15.1 Å². The van der Waals surface area contributed by atoms with Gasteiger partial charge in [0.2, 0.25) is 5.69 Å². The fourth-order valence-corrected chi connectivity index (χ4v) is 1.96. The van der Waals surface area contributed by atoms with Crippen molar-refractivity contribution in [1.29, 1.82) is 0 Å². The van der Waals surface area contributed by atoms with Crippen LogP contribution in [0.3, 0.4) is 0 Å². The van der Waals surface area contributed by atoms with E-state index in [1.807, 2.05) is 13.0 Å². The molecule has 0 aliphatic rings. The molecule has 0 bridgehead atoms. The molecule has 0 N–H and O–H groups in total. The van der Waals surface area contributed by atoms with Crippen LogP contribution in [0.2, 0.25) is 0 Å². The topological polar surface area (TPSA) is 17.2 Å². The zero-order chi connectivity index (χ0) is 8.55. The van der Waals surface area contributed by atoms with Crippen molar-refractivity contribution in [3.05, 3.63) is 34.6 Å². The summed E-state index contributed by atoms with van der Waals surface area (Å²) < 4.78 is 1.10. The van der Waals surface area contributed by atoms with Crippen LogP contribution < -0.4 is 0 Å². The molecule has 0 saturated heterocycles. The highest BCUT2D eigenvalue weighted by Crippen LogP contribution is 2.28. The highest BCUT2D eigenvalue weighted by atomic mass is 32.1. The zero-order valence-electron chi connectivity index (χ0n) is 6.53. The number of aromatic nitrogens is 1. The molecule has 0 spiro atoms. The van der Waals surface area contributed by atoms with Crippen molar-refractivity contribution in [2.75, 3.05) is 0 Å². The second-order valence-corrected chi connectivity index (χ2v) is 3.48. The van der Waals surface area contributed by atoms with Crippen molar-refractivity contribution in [3.63, 3.8) is 0 Å². The summed E-state index contributed by atoms with van der Waals surface area (Å²) in [5, 5.41) is 0. The largest absolute Gasteiger partial charge is 0.256 e. The van der Waals surface area contributed by atoms with Crippen LogP contribution >= 0.6 is 11.3 Å². The highest BCUT2D eigenvalue weighted by molar-refractivity contribution is 7.16. The van der Waals surface area contributed by atoms with Crippen LogP contribution in [0.4, 0.5) is 5.69 Å². The van der Waals surface area contributed by atoms with E-state index < -0.39 is 0 Å². The third-order valence-corrected chi connectivity index (χ3v) is 2.46. The Hall–Kier alpha value is -1.40. The van der Waals surface area contributed by atoms with Crippen molar-refractivity contribution in [3.8, 4) is 0 Å². The summed E-state index contributed by atoms with van der Waals surface area (Å²) in [5.74, 6) is 0. The van der Waals surface area contributed by atoms with Crippen LogP contribution in [0.1, 0.15) is 5.56 Å². The maximum absolute atomic E-state index is 6.95. The number of nitrogens with zero attached hydrogens (tertiary/aromatic N) is 2. The Balaban J connectivity index is 2.91. The molecule has 12 heavy (non-hydrogen) atoms. The first-order valence-electron chi connectivity index (χ1n) is 3.52. The molecule has 0 unspecified atom stereocenters. The fraction of sp³-hybridized carbons (Fsp3) is 0.111. The molecular formula is C9H6N2S. The van der Waals surface area contributed by atoms with Crippen LogP contribution in [0.5, 0.6) is 0 Å². The van der Waals surface area contributed by atoms with Crippen LogP contribution in [-0.2, 0) is 0 Å². The number of hydrogen-bond donors (Lipinski definition) is 0. The number of hydrogen-bond acceptors (Lipinski definition) is 2. The summed E-state index contributed by atoms with van der Waals surface area (Å²) in [6.07, 6.45) is 0. The number of fused-ring (bicyclic) bond motifs is 1. The molecule has 0 amide bonds. The molecule has 0 fully saturated rings. The molecule has 1 aromatic heterocycles. The smallest absolute Gasteiger partial charge is 0.213 e. The van der Waals surface area contributed by atoms with Gasteiger partial charge in [-0.05, 0) is 13.0 Å². The molecule has 0 saturated carbocycles. The van der Waals surface area contributed by atoms with E-state index >= 15 is 0 Å².